The Labute approximate surface area is 102 Å². The maximum Gasteiger partial charge on any atom is 0.310 e. The molecule has 0 aromatic heterocycles. The van der Waals surface area contributed by atoms with Gasteiger partial charge in [-0.2, -0.15) is 4.99 Å². The number of aliphatic hydroxyl groups excluding tert-OH is 1. The molecule has 0 amide bonds. The van der Waals surface area contributed by atoms with Crippen LogP contribution in [0.4, 0.5) is 0 Å². The second-order valence-corrected chi connectivity index (χ2v) is 4.69. The van der Waals surface area contributed by atoms with Gasteiger partial charge in [0.1, 0.15) is 0 Å². The van der Waals surface area contributed by atoms with Gasteiger partial charge in [0.2, 0.25) is 0 Å². The predicted molar refractivity (Wildman–Crippen MR) is 68.0 cm³/mol. The summed E-state index contributed by atoms with van der Waals surface area (Å²) in [5.41, 5.74) is 2.94. The lowest BCUT2D eigenvalue weighted by molar-refractivity contribution is 0.294. The van der Waals surface area contributed by atoms with Crippen LogP contribution in [0.1, 0.15) is 38.5 Å². The van der Waals surface area contributed by atoms with Crippen molar-refractivity contribution in [2.75, 3.05) is 6.54 Å². The second kappa shape index (κ2) is 5.70. The smallest absolute Gasteiger partial charge is 0.310 e. The number of nitrogens with one attached hydrogen (secondary N) is 2. The van der Waals surface area contributed by atoms with Crippen molar-refractivity contribution in [2.24, 2.45) is 10.9 Å². The summed E-state index contributed by atoms with van der Waals surface area (Å²) in [6, 6.07) is 0.000271. The van der Waals surface area contributed by atoms with E-state index in [1.165, 1.54) is 38.2 Å². The summed E-state index contributed by atoms with van der Waals surface area (Å²) in [6.07, 6.45) is 10.4. The highest BCUT2D eigenvalue weighted by molar-refractivity contribution is 5.77. The summed E-state index contributed by atoms with van der Waals surface area (Å²) < 4.78 is 0. The molecule has 1 aliphatic heterocycles. The van der Waals surface area contributed by atoms with Crippen molar-refractivity contribution in [3.05, 3.63) is 11.9 Å². The van der Waals surface area contributed by atoms with E-state index in [9.17, 15) is 5.11 Å². The number of allylic oxidation sites excluding steroid dienone is 1. The van der Waals surface area contributed by atoms with E-state index in [2.05, 4.69) is 10.4 Å². The molecule has 5 nitrogen and oxygen atoms in total. The molecule has 0 aromatic carbocycles. The largest absolute Gasteiger partial charge is 0.479 e. The van der Waals surface area contributed by atoms with Crippen molar-refractivity contribution >= 4 is 12.2 Å². The number of unbranched alkanes of at least 4 members (excludes halogenated alkanes) is 2. The number of hydrogen-bond donors (Lipinski definition) is 3. The topological polar surface area (TPSA) is 71.7 Å². The highest BCUT2D eigenvalue weighted by Crippen LogP contribution is 2.33. The minimum Gasteiger partial charge on any atom is -0.479 e. The van der Waals surface area contributed by atoms with Crippen LogP contribution < -0.4 is 5.43 Å². The monoisotopic (exact) mass is 236 g/mol. The SMILES string of the molecule is N=C/C=C1/N=C(O)N(CCCCCC2CC2)N1. The number of amidine groups is 1. The van der Waals surface area contributed by atoms with Crippen LogP contribution in [0.25, 0.3) is 0 Å². The lowest BCUT2D eigenvalue weighted by Crippen LogP contribution is -2.37. The predicted octanol–water partition coefficient (Wildman–Crippen LogP) is 2.18. The van der Waals surface area contributed by atoms with Crippen LogP contribution in [0.15, 0.2) is 16.9 Å². The molecule has 0 unspecified atom stereocenters. The Kier molecular flexibility index (Phi) is 4.01. The maximum absolute atomic E-state index is 9.54. The standard InChI is InChI=1S/C12H20N4O/c13-8-7-11-14-12(17)16(15-11)9-3-1-2-4-10-5-6-10/h7-8,10,13,15H,1-6,9H2,(H,14,17)/b11-7-,13-8?. The fourth-order valence-electron chi connectivity index (χ4n) is 1.98. The number of aliphatic imine (C=N–C) groups is 1. The van der Waals surface area contributed by atoms with Gasteiger partial charge in [0.05, 0.1) is 0 Å². The van der Waals surface area contributed by atoms with Gasteiger partial charge in [0, 0.05) is 12.8 Å². The fourth-order valence-corrected chi connectivity index (χ4v) is 1.98. The molecular weight excluding hydrogens is 216 g/mol. The van der Waals surface area contributed by atoms with Crippen LogP contribution in [0, 0.1) is 11.3 Å². The molecule has 0 bridgehead atoms. The molecule has 0 radical (unpaired) electrons. The summed E-state index contributed by atoms with van der Waals surface area (Å²) in [6.45, 7) is 0.759. The molecule has 1 saturated carbocycles. The van der Waals surface area contributed by atoms with Crippen molar-refractivity contribution in [3.8, 4) is 0 Å². The average molecular weight is 236 g/mol. The van der Waals surface area contributed by atoms with E-state index in [4.69, 9.17) is 5.41 Å². The van der Waals surface area contributed by atoms with E-state index >= 15 is 0 Å². The van der Waals surface area contributed by atoms with Gasteiger partial charge in [0.15, 0.2) is 5.82 Å². The van der Waals surface area contributed by atoms with E-state index < -0.39 is 0 Å². The molecule has 0 saturated heterocycles. The summed E-state index contributed by atoms with van der Waals surface area (Å²) in [7, 11) is 0. The Morgan fingerprint density at radius 2 is 2.24 bits per heavy atom. The van der Waals surface area contributed by atoms with Crippen molar-refractivity contribution in [1.29, 1.82) is 5.41 Å². The summed E-state index contributed by atoms with van der Waals surface area (Å²) in [5, 5.41) is 18.1. The number of aliphatic hydroxyl groups is 1. The third kappa shape index (κ3) is 3.76. The summed E-state index contributed by atoms with van der Waals surface area (Å²) in [4.78, 5) is 3.89. The van der Waals surface area contributed by atoms with Crippen LogP contribution in [-0.2, 0) is 0 Å². The van der Waals surface area contributed by atoms with Gasteiger partial charge >= 0.3 is 6.02 Å². The highest BCUT2D eigenvalue weighted by Gasteiger charge is 2.20. The number of hydrogen-bond acceptors (Lipinski definition) is 4. The van der Waals surface area contributed by atoms with Crippen LogP contribution >= 0.6 is 0 Å². The molecule has 0 aromatic rings. The molecule has 1 heterocycles. The van der Waals surface area contributed by atoms with E-state index in [0.717, 1.165) is 25.1 Å². The van der Waals surface area contributed by atoms with Crippen molar-refractivity contribution in [3.63, 3.8) is 0 Å². The first-order valence-electron chi connectivity index (χ1n) is 6.32. The third-order valence-corrected chi connectivity index (χ3v) is 3.14. The van der Waals surface area contributed by atoms with Gasteiger partial charge in [-0.15, -0.1) is 0 Å². The Hall–Kier alpha value is -1.52. The molecule has 94 valence electrons. The van der Waals surface area contributed by atoms with E-state index in [1.54, 1.807) is 5.01 Å². The van der Waals surface area contributed by atoms with Crippen LogP contribution in [0.5, 0.6) is 0 Å². The van der Waals surface area contributed by atoms with E-state index in [0.29, 0.717) is 5.82 Å². The molecular formula is C12H20N4O. The summed E-state index contributed by atoms with van der Waals surface area (Å²) in [5.74, 6) is 1.53. The minimum atomic E-state index is 0.000271. The zero-order valence-corrected chi connectivity index (χ0v) is 10.0. The Morgan fingerprint density at radius 3 is 2.94 bits per heavy atom. The molecule has 1 aliphatic carbocycles. The van der Waals surface area contributed by atoms with Crippen molar-refractivity contribution in [1.82, 2.24) is 10.4 Å². The molecule has 2 aliphatic rings. The molecule has 0 atom stereocenters. The Bertz CT molecular complexity index is 333. The van der Waals surface area contributed by atoms with Crippen LogP contribution in [0.2, 0.25) is 0 Å². The number of rotatable bonds is 7. The first-order chi connectivity index (χ1) is 8.29. The third-order valence-electron chi connectivity index (χ3n) is 3.14. The average Bonchev–Trinajstić information content (AvgIpc) is 3.05. The molecule has 3 N–H and O–H groups in total. The van der Waals surface area contributed by atoms with Gasteiger partial charge < -0.3 is 10.5 Å². The van der Waals surface area contributed by atoms with Gasteiger partial charge in [-0.1, -0.05) is 32.1 Å². The summed E-state index contributed by atoms with van der Waals surface area (Å²) >= 11 is 0. The lowest BCUT2D eigenvalue weighted by atomic mass is 10.1. The number of nitrogens with zero attached hydrogens (tertiary/aromatic N) is 2. The zero-order valence-electron chi connectivity index (χ0n) is 10.0. The first-order valence-corrected chi connectivity index (χ1v) is 6.32. The quantitative estimate of drug-likeness (QED) is 0.468. The highest BCUT2D eigenvalue weighted by atomic mass is 16.3. The van der Waals surface area contributed by atoms with Crippen LogP contribution in [-0.4, -0.2) is 28.9 Å². The normalized spacial score (nSPS) is 21.5. The van der Waals surface area contributed by atoms with E-state index in [1.807, 2.05) is 0 Å². The number of hydrazine groups is 1. The molecule has 2 rings (SSSR count). The minimum absolute atomic E-state index is 0.000271. The Morgan fingerprint density at radius 1 is 1.41 bits per heavy atom. The maximum atomic E-state index is 9.54. The van der Waals surface area contributed by atoms with Gasteiger partial charge in [-0.05, 0) is 18.4 Å². The fraction of sp³-hybridized carbons (Fsp3) is 0.667. The van der Waals surface area contributed by atoms with Gasteiger partial charge in [0.25, 0.3) is 0 Å². The van der Waals surface area contributed by atoms with Crippen molar-refractivity contribution in [2.45, 2.75) is 38.5 Å². The molecule has 5 heteroatoms. The Balaban J connectivity index is 1.61. The van der Waals surface area contributed by atoms with Gasteiger partial charge in [-0.25, -0.2) is 5.01 Å². The lowest BCUT2D eigenvalue weighted by Gasteiger charge is -2.16. The molecule has 1 fully saturated rings. The zero-order chi connectivity index (χ0) is 12.1. The van der Waals surface area contributed by atoms with Crippen molar-refractivity contribution < 1.29 is 5.11 Å². The molecule has 0 spiro atoms. The first kappa shape index (κ1) is 12.0. The van der Waals surface area contributed by atoms with Crippen LogP contribution in [0.3, 0.4) is 0 Å². The molecule has 17 heavy (non-hydrogen) atoms. The second-order valence-electron chi connectivity index (χ2n) is 4.69. The van der Waals surface area contributed by atoms with E-state index in [-0.39, 0.29) is 6.02 Å². The van der Waals surface area contributed by atoms with Gasteiger partial charge in [-0.3, -0.25) is 5.43 Å².